The van der Waals surface area contributed by atoms with E-state index in [2.05, 4.69) is 19.2 Å². The number of hydrogen-bond donors (Lipinski definition) is 2. The van der Waals surface area contributed by atoms with Gasteiger partial charge in [-0.3, -0.25) is 4.79 Å². The molecule has 3 N–H and O–H groups in total. The van der Waals surface area contributed by atoms with E-state index in [1.165, 1.54) is 0 Å². The number of anilines is 2. The van der Waals surface area contributed by atoms with Gasteiger partial charge >= 0.3 is 0 Å². The van der Waals surface area contributed by atoms with Crippen molar-refractivity contribution in [3.63, 3.8) is 0 Å². The van der Waals surface area contributed by atoms with E-state index in [-0.39, 0.29) is 5.91 Å². The normalized spacial score (nSPS) is 10.7. The van der Waals surface area contributed by atoms with Crippen LogP contribution in [0, 0.1) is 12.8 Å². The van der Waals surface area contributed by atoms with Crippen LogP contribution in [0.5, 0.6) is 0 Å². The molecular formula is C14H22N2OS. The Morgan fingerprint density at radius 1 is 1.44 bits per heavy atom. The van der Waals surface area contributed by atoms with Crippen molar-refractivity contribution in [1.82, 2.24) is 0 Å². The van der Waals surface area contributed by atoms with Gasteiger partial charge in [-0.15, -0.1) is 0 Å². The van der Waals surface area contributed by atoms with Crippen LogP contribution in [0.1, 0.15) is 25.8 Å². The number of rotatable bonds is 6. The summed E-state index contributed by atoms with van der Waals surface area (Å²) in [5.41, 5.74) is 8.26. The molecule has 100 valence electrons. The highest BCUT2D eigenvalue weighted by atomic mass is 32.2. The Morgan fingerprint density at radius 3 is 2.78 bits per heavy atom. The van der Waals surface area contributed by atoms with Gasteiger partial charge in [0.15, 0.2) is 0 Å². The standard InChI is InChI=1S/C14H22N2OS/c1-10(2)6-7-18-9-14(17)16-13-5-4-11(3)8-12(13)15/h4-5,8,10H,6-7,9,15H2,1-3H3,(H,16,17). The van der Waals surface area contributed by atoms with E-state index in [1.807, 2.05) is 25.1 Å². The molecule has 0 bridgehead atoms. The lowest BCUT2D eigenvalue weighted by atomic mass is 10.2. The summed E-state index contributed by atoms with van der Waals surface area (Å²) in [6.07, 6.45) is 1.14. The van der Waals surface area contributed by atoms with Crippen molar-refractivity contribution in [3.05, 3.63) is 23.8 Å². The number of aryl methyl sites for hydroxylation is 1. The first-order chi connectivity index (χ1) is 8.49. The van der Waals surface area contributed by atoms with Gasteiger partial charge in [-0.1, -0.05) is 19.9 Å². The maximum absolute atomic E-state index is 11.7. The molecule has 0 atom stereocenters. The highest BCUT2D eigenvalue weighted by Gasteiger charge is 2.05. The van der Waals surface area contributed by atoms with Gasteiger partial charge in [-0.2, -0.15) is 11.8 Å². The maximum Gasteiger partial charge on any atom is 0.234 e. The largest absolute Gasteiger partial charge is 0.397 e. The Kier molecular flexibility index (Phi) is 6.05. The molecule has 0 aliphatic heterocycles. The van der Waals surface area contributed by atoms with Gasteiger partial charge in [0.05, 0.1) is 17.1 Å². The van der Waals surface area contributed by atoms with Crippen LogP contribution in [0.4, 0.5) is 11.4 Å². The van der Waals surface area contributed by atoms with Crippen molar-refractivity contribution in [2.24, 2.45) is 5.92 Å². The summed E-state index contributed by atoms with van der Waals surface area (Å²) in [6.45, 7) is 6.35. The third kappa shape index (κ3) is 5.45. The van der Waals surface area contributed by atoms with Gasteiger partial charge in [-0.25, -0.2) is 0 Å². The predicted molar refractivity (Wildman–Crippen MR) is 81.0 cm³/mol. The molecular weight excluding hydrogens is 244 g/mol. The van der Waals surface area contributed by atoms with Crippen LogP contribution in [0.15, 0.2) is 18.2 Å². The minimum Gasteiger partial charge on any atom is -0.397 e. The molecule has 0 aromatic heterocycles. The van der Waals surface area contributed by atoms with Crippen molar-refractivity contribution >= 4 is 29.0 Å². The van der Waals surface area contributed by atoms with E-state index in [1.54, 1.807) is 11.8 Å². The molecule has 1 rings (SSSR count). The Labute approximate surface area is 114 Å². The molecule has 3 nitrogen and oxygen atoms in total. The molecule has 0 saturated heterocycles. The maximum atomic E-state index is 11.7. The topological polar surface area (TPSA) is 55.1 Å². The summed E-state index contributed by atoms with van der Waals surface area (Å²) in [5.74, 6) is 2.21. The number of amides is 1. The Hall–Kier alpha value is -1.16. The average molecular weight is 266 g/mol. The van der Waals surface area contributed by atoms with E-state index >= 15 is 0 Å². The van der Waals surface area contributed by atoms with Gasteiger partial charge in [0, 0.05) is 0 Å². The highest BCUT2D eigenvalue weighted by molar-refractivity contribution is 7.99. The summed E-state index contributed by atoms with van der Waals surface area (Å²) in [7, 11) is 0. The SMILES string of the molecule is Cc1ccc(NC(=O)CSCCC(C)C)c(N)c1. The number of benzene rings is 1. The summed E-state index contributed by atoms with van der Waals surface area (Å²) in [4.78, 5) is 11.7. The third-order valence-electron chi connectivity index (χ3n) is 2.55. The Morgan fingerprint density at radius 2 is 2.17 bits per heavy atom. The van der Waals surface area contributed by atoms with E-state index in [4.69, 9.17) is 5.73 Å². The van der Waals surface area contributed by atoms with E-state index in [9.17, 15) is 4.79 Å². The number of hydrogen-bond acceptors (Lipinski definition) is 3. The summed E-state index contributed by atoms with van der Waals surface area (Å²) >= 11 is 1.67. The second kappa shape index (κ2) is 7.31. The Bertz CT molecular complexity index is 405. The Balaban J connectivity index is 2.35. The van der Waals surface area contributed by atoms with Crippen LogP contribution in [0.25, 0.3) is 0 Å². The summed E-state index contributed by atoms with van der Waals surface area (Å²) < 4.78 is 0. The van der Waals surface area contributed by atoms with Gasteiger partial charge in [0.25, 0.3) is 0 Å². The molecule has 18 heavy (non-hydrogen) atoms. The number of nitrogen functional groups attached to an aromatic ring is 1. The van der Waals surface area contributed by atoms with Crippen LogP contribution in [0.2, 0.25) is 0 Å². The van der Waals surface area contributed by atoms with E-state index in [0.717, 1.165) is 17.7 Å². The highest BCUT2D eigenvalue weighted by Crippen LogP contribution is 2.19. The molecule has 0 aliphatic rings. The molecule has 0 spiro atoms. The molecule has 0 unspecified atom stereocenters. The minimum atomic E-state index is 0.0132. The molecule has 4 heteroatoms. The fourth-order valence-electron chi connectivity index (χ4n) is 1.47. The summed E-state index contributed by atoms with van der Waals surface area (Å²) in [5, 5.41) is 2.84. The average Bonchev–Trinajstić information content (AvgIpc) is 2.28. The van der Waals surface area contributed by atoms with E-state index < -0.39 is 0 Å². The van der Waals surface area contributed by atoms with Crippen LogP contribution >= 0.6 is 11.8 Å². The van der Waals surface area contributed by atoms with Crippen LogP contribution < -0.4 is 11.1 Å². The lowest BCUT2D eigenvalue weighted by Crippen LogP contribution is -2.15. The van der Waals surface area contributed by atoms with Crippen molar-refractivity contribution < 1.29 is 4.79 Å². The number of nitrogens with two attached hydrogens (primary N) is 1. The second-order valence-electron chi connectivity index (χ2n) is 4.87. The first-order valence-corrected chi connectivity index (χ1v) is 7.38. The quantitative estimate of drug-likeness (QED) is 0.613. The first-order valence-electron chi connectivity index (χ1n) is 6.22. The van der Waals surface area contributed by atoms with Crippen molar-refractivity contribution in [1.29, 1.82) is 0 Å². The van der Waals surface area contributed by atoms with Crippen LogP contribution in [-0.4, -0.2) is 17.4 Å². The van der Waals surface area contributed by atoms with Gasteiger partial charge in [0.2, 0.25) is 5.91 Å². The molecule has 1 aromatic rings. The van der Waals surface area contributed by atoms with Crippen LogP contribution in [0.3, 0.4) is 0 Å². The predicted octanol–water partition coefficient (Wildman–Crippen LogP) is 3.30. The van der Waals surface area contributed by atoms with Crippen molar-refractivity contribution in [2.45, 2.75) is 27.2 Å². The number of carbonyl (C=O) groups excluding carboxylic acids is 1. The fourth-order valence-corrected chi connectivity index (χ4v) is 2.51. The number of carbonyl (C=O) groups is 1. The number of thioether (sulfide) groups is 1. The van der Waals surface area contributed by atoms with Crippen molar-refractivity contribution in [2.75, 3.05) is 22.6 Å². The molecule has 0 radical (unpaired) electrons. The third-order valence-corrected chi connectivity index (χ3v) is 3.54. The van der Waals surface area contributed by atoms with Crippen molar-refractivity contribution in [3.8, 4) is 0 Å². The lowest BCUT2D eigenvalue weighted by molar-refractivity contribution is -0.113. The fraction of sp³-hybridized carbons (Fsp3) is 0.500. The molecule has 0 heterocycles. The van der Waals surface area contributed by atoms with Gasteiger partial charge < -0.3 is 11.1 Å². The van der Waals surface area contributed by atoms with Crippen LogP contribution in [-0.2, 0) is 4.79 Å². The molecule has 0 saturated carbocycles. The minimum absolute atomic E-state index is 0.0132. The smallest absolute Gasteiger partial charge is 0.234 e. The lowest BCUT2D eigenvalue weighted by Gasteiger charge is -2.09. The van der Waals surface area contributed by atoms with Gasteiger partial charge in [0.1, 0.15) is 0 Å². The van der Waals surface area contributed by atoms with E-state index in [0.29, 0.717) is 23.0 Å². The number of nitrogens with one attached hydrogen (secondary N) is 1. The zero-order valence-electron chi connectivity index (χ0n) is 11.3. The molecule has 1 aromatic carbocycles. The molecule has 0 aliphatic carbocycles. The second-order valence-corrected chi connectivity index (χ2v) is 5.98. The monoisotopic (exact) mass is 266 g/mol. The molecule has 0 fully saturated rings. The zero-order chi connectivity index (χ0) is 13.5. The first kappa shape index (κ1) is 14.9. The summed E-state index contributed by atoms with van der Waals surface area (Å²) in [6, 6.07) is 5.65. The van der Waals surface area contributed by atoms with Gasteiger partial charge in [-0.05, 0) is 42.7 Å². The molecule has 1 amide bonds. The zero-order valence-corrected chi connectivity index (χ0v) is 12.1.